The summed E-state index contributed by atoms with van der Waals surface area (Å²) in [6.45, 7) is 13.5. The molecule has 1 unspecified atom stereocenters. The molecule has 1 aromatic rings. The third-order valence-corrected chi connectivity index (χ3v) is 12.9. The predicted molar refractivity (Wildman–Crippen MR) is 158 cm³/mol. The summed E-state index contributed by atoms with van der Waals surface area (Å²) >= 11 is 0. The Bertz CT molecular complexity index is 1230. The molecule has 1 aliphatic heterocycles. The van der Waals surface area contributed by atoms with Crippen LogP contribution in [0.25, 0.3) is 5.57 Å². The van der Waals surface area contributed by atoms with E-state index >= 15 is 0 Å². The van der Waals surface area contributed by atoms with Crippen LogP contribution in [-0.2, 0) is 14.3 Å². The maximum Gasteiger partial charge on any atom is 0.309 e. The summed E-state index contributed by atoms with van der Waals surface area (Å²) in [5, 5.41) is 0. The summed E-state index contributed by atoms with van der Waals surface area (Å²) < 4.78 is 6.18. The summed E-state index contributed by atoms with van der Waals surface area (Å²) in [6.07, 6.45) is 18.6. The van der Waals surface area contributed by atoms with Crippen LogP contribution in [0.3, 0.4) is 0 Å². The Labute approximate surface area is 240 Å². The maximum absolute atomic E-state index is 13.1. The summed E-state index contributed by atoms with van der Waals surface area (Å²) in [7, 11) is 0. The number of hydrogen-bond donors (Lipinski definition) is 0. The van der Waals surface area contributed by atoms with Gasteiger partial charge in [-0.25, -0.2) is 0 Å². The molecule has 5 heteroatoms. The lowest BCUT2D eigenvalue weighted by atomic mass is 9.36. The number of allylic oxidation sites excluding steroid dienone is 3. The first-order valence-electron chi connectivity index (χ1n) is 15.8. The molecule has 5 nitrogen and oxygen atoms in total. The van der Waals surface area contributed by atoms with Crippen molar-refractivity contribution in [2.75, 3.05) is 13.1 Å². The van der Waals surface area contributed by atoms with E-state index in [1.54, 1.807) is 0 Å². The van der Waals surface area contributed by atoms with E-state index in [0.29, 0.717) is 25.4 Å². The molecule has 1 amide bonds. The molecule has 4 aliphatic carbocycles. The van der Waals surface area contributed by atoms with Crippen molar-refractivity contribution in [1.29, 1.82) is 0 Å². The first-order valence-corrected chi connectivity index (χ1v) is 15.8. The van der Waals surface area contributed by atoms with Crippen molar-refractivity contribution in [2.24, 2.45) is 33.5 Å². The quantitative estimate of drug-likeness (QED) is 0.293. The Morgan fingerprint density at radius 2 is 1.80 bits per heavy atom. The average molecular weight is 545 g/mol. The third kappa shape index (κ3) is 3.96. The van der Waals surface area contributed by atoms with E-state index in [2.05, 4.69) is 57.0 Å². The minimum atomic E-state index is -0.0716. The van der Waals surface area contributed by atoms with Gasteiger partial charge < -0.3 is 9.64 Å². The van der Waals surface area contributed by atoms with Gasteiger partial charge in [0.25, 0.3) is 0 Å². The van der Waals surface area contributed by atoms with Gasteiger partial charge in [0.1, 0.15) is 6.10 Å². The second-order valence-electron chi connectivity index (χ2n) is 14.4. The number of likely N-dealkylation sites (tertiary alicyclic amines) is 1. The lowest BCUT2D eigenvalue weighted by Gasteiger charge is -2.67. The second-order valence-corrected chi connectivity index (χ2v) is 14.4. The van der Waals surface area contributed by atoms with Crippen molar-refractivity contribution in [3.05, 3.63) is 47.8 Å². The molecule has 40 heavy (non-hydrogen) atoms. The minimum Gasteiger partial charge on any atom is -0.462 e. The molecule has 6 rings (SSSR count). The number of piperidine rings is 1. The highest BCUT2D eigenvalue weighted by Crippen LogP contribution is 2.76. The van der Waals surface area contributed by atoms with E-state index < -0.39 is 0 Å². The number of rotatable bonds is 4. The number of ether oxygens (including phenoxy) is 1. The number of aromatic nitrogens is 1. The number of fused-ring (bicyclic) bond motifs is 5. The van der Waals surface area contributed by atoms with Crippen LogP contribution >= 0.6 is 0 Å². The smallest absolute Gasteiger partial charge is 0.309 e. The van der Waals surface area contributed by atoms with Gasteiger partial charge in [0.05, 0.1) is 5.92 Å². The molecule has 0 N–H and O–H groups in total. The van der Waals surface area contributed by atoms with Gasteiger partial charge in [0.2, 0.25) is 5.91 Å². The molecule has 216 valence electrons. The van der Waals surface area contributed by atoms with Gasteiger partial charge in [0, 0.05) is 38.3 Å². The maximum atomic E-state index is 13.1. The average Bonchev–Trinajstić information content (AvgIpc) is 3.25. The van der Waals surface area contributed by atoms with Crippen LogP contribution in [-0.4, -0.2) is 41.0 Å². The van der Waals surface area contributed by atoms with Gasteiger partial charge in [-0.15, -0.1) is 0 Å². The Morgan fingerprint density at radius 3 is 2.50 bits per heavy atom. The molecule has 6 atom stereocenters. The largest absolute Gasteiger partial charge is 0.462 e. The van der Waals surface area contributed by atoms with E-state index in [-0.39, 0.29) is 45.6 Å². The van der Waals surface area contributed by atoms with Crippen LogP contribution in [0.1, 0.15) is 104 Å². The fourth-order valence-electron chi connectivity index (χ4n) is 10.0. The molecule has 0 radical (unpaired) electrons. The van der Waals surface area contributed by atoms with Gasteiger partial charge in [0.15, 0.2) is 0 Å². The van der Waals surface area contributed by atoms with Crippen molar-refractivity contribution in [3.63, 3.8) is 0 Å². The van der Waals surface area contributed by atoms with Crippen LogP contribution in [0.2, 0.25) is 0 Å². The van der Waals surface area contributed by atoms with Crippen LogP contribution in [0.5, 0.6) is 0 Å². The first-order chi connectivity index (χ1) is 19.1. The van der Waals surface area contributed by atoms with Gasteiger partial charge in [-0.3, -0.25) is 14.6 Å². The monoisotopic (exact) mass is 544 g/mol. The van der Waals surface area contributed by atoms with E-state index in [1.807, 2.05) is 24.2 Å². The van der Waals surface area contributed by atoms with E-state index in [0.717, 1.165) is 44.9 Å². The molecule has 5 aliphatic rings. The molecule has 0 aromatic carbocycles. The molecule has 1 aromatic heterocycles. The summed E-state index contributed by atoms with van der Waals surface area (Å²) in [5.74, 6) is 0.710. The van der Waals surface area contributed by atoms with Gasteiger partial charge in [-0.1, -0.05) is 58.4 Å². The molecule has 0 bridgehead atoms. The van der Waals surface area contributed by atoms with Crippen molar-refractivity contribution in [3.8, 4) is 0 Å². The number of pyridine rings is 1. The highest BCUT2D eigenvalue weighted by Gasteiger charge is 2.67. The first kappa shape index (κ1) is 27.7. The van der Waals surface area contributed by atoms with E-state index in [4.69, 9.17) is 4.74 Å². The zero-order valence-corrected chi connectivity index (χ0v) is 25.3. The Kier molecular flexibility index (Phi) is 6.82. The van der Waals surface area contributed by atoms with Crippen molar-refractivity contribution < 1.29 is 14.3 Å². The summed E-state index contributed by atoms with van der Waals surface area (Å²) in [4.78, 5) is 31.5. The van der Waals surface area contributed by atoms with Crippen LogP contribution in [0.15, 0.2) is 42.3 Å². The Balaban J connectivity index is 1.16. The molecule has 3 fully saturated rings. The molecule has 0 spiro atoms. The lowest BCUT2D eigenvalue weighted by molar-refractivity contribution is -0.163. The number of carbonyl (C=O) groups is 2. The SMILES string of the molecule is CCC(=O)N1CCC(C(=O)O[C@H]2CC[C@@]3(C)C(=CC[C@]4(C)C3CC[C@]3(C)C(c5cccnc5)=CC[C@@]34C)C2)CC1. The van der Waals surface area contributed by atoms with Crippen LogP contribution in [0.4, 0.5) is 0 Å². The normalized spacial score (nSPS) is 39.4. The molecule has 2 heterocycles. The highest BCUT2D eigenvalue weighted by atomic mass is 16.5. The Hall–Kier alpha value is -2.43. The number of hydrogen-bond acceptors (Lipinski definition) is 4. The number of carbonyl (C=O) groups excluding carboxylic acids is 2. The fourth-order valence-corrected chi connectivity index (χ4v) is 10.0. The number of amides is 1. The zero-order chi connectivity index (χ0) is 28.3. The highest BCUT2D eigenvalue weighted by molar-refractivity contribution is 5.77. The standard InChI is InChI=1S/C35H48N2O3/c1-6-30(38)37-20-13-24(14-21-37)31(39)40-27-10-15-32(2)26(22-27)9-16-34(4)29(32)12-17-33(3)28(11-18-35(33,34)5)25-8-7-19-36-23-25/h7-9,11,19,23-24,27,29H,6,10,12-18,20-22H2,1-5H3/t27-,29?,32-,33+,34+,35-/m0/s1. The fraction of sp³-hybridized carbons (Fsp3) is 0.686. The summed E-state index contributed by atoms with van der Waals surface area (Å²) in [5.41, 5.74) is 5.05. The van der Waals surface area contributed by atoms with Gasteiger partial charge in [-0.05, 0) is 96.1 Å². The minimum absolute atomic E-state index is 0.0127. The van der Waals surface area contributed by atoms with E-state index in [1.165, 1.54) is 29.6 Å². The number of esters is 1. The topological polar surface area (TPSA) is 59.5 Å². The van der Waals surface area contributed by atoms with Crippen molar-refractivity contribution >= 4 is 17.4 Å². The predicted octanol–water partition coefficient (Wildman–Crippen LogP) is 7.38. The molecular formula is C35H48N2O3. The number of nitrogens with zero attached hydrogens (tertiary/aromatic N) is 2. The van der Waals surface area contributed by atoms with Gasteiger partial charge >= 0.3 is 5.97 Å². The van der Waals surface area contributed by atoms with Crippen molar-refractivity contribution in [1.82, 2.24) is 9.88 Å². The Morgan fingerprint density at radius 1 is 1.02 bits per heavy atom. The zero-order valence-electron chi connectivity index (χ0n) is 25.3. The molecular weight excluding hydrogens is 496 g/mol. The summed E-state index contributed by atoms with van der Waals surface area (Å²) in [6, 6.07) is 4.31. The molecule has 1 saturated heterocycles. The van der Waals surface area contributed by atoms with Crippen LogP contribution in [0, 0.1) is 33.5 Å². The van der Waals surface area contributed by atoms with Gasteiger partial charge in [-0.2, -0.15) is 0 Å². The van der Waals surface area contributed by atoms with Crippen molar-refractivity contribution in [2.45, 2.75) is 105 Å². The molecule has 2 saturated carbocycles. The third-order valence-electron chi connectivity index (χ3n) is 12.9. The van der Waals surface area contributed by atoms with E-state index in [9.17, 15) is 9.59 Å². The van der Waals surface area contributed by atoms with Crippen LogP contribution < -0.4 is 0 Å². The second kappa shape index (κ2) is 9.84. The lowest BCUT2D eigenvalue weighted by Crippen LogP contribution is -2.60.